The van der Waals surface area contributed by atoms with Crippen LogP contribution in [0, 0.1) is 0 Å². The van der Waals surface area contributed by atoms with Gasteiger partial charge >= 0.3 is 15.2 Å². The predicted octanol–water partition coefficient (Wildman–Crippen LogP) is 0.872. The highest BCUT2D eigenvalue weighted by Gasteiger charge is 2.59. The summed E-state index contributed by atoms with van der Waals surface area (Å²) in [5.74, 6) is 0. The monoisotopic (exact) mass is 301 g/mol. The Kier molecular flexibility index (Phi) is 4.16. The second-order valence-electron chi connectivity index (χ2n) is 3.30. The van der Waals surface area contributed by atoms with E-state index in [4.69, 9.17) is 31.2 Å². The Bertz CT molecular complexity index is 460. The van der Waals surface area contributed by atoms with Crippen molar-refractivity contribution in [3.8, 4) is 0 Å². The minimum atomic E-state index is -5.21. The molecule has 0 aliphatic carbocycles. The Morgan fingerprint density at radius 3 is 2.06 bits per heavy atom. The summed E-state index contributed by atoms with van der Waals surface area (Å²) in [6.45, 7) is 0. The van der Waals surface area contributed by atoms with E-state index in [2.05, 4.69) is 4.98 Å². The van der Waals surface area contributed by atoms with Crippen molar-refractivity contribution in [3.63, 3.8) is 0 Å². The van der Waals surface area contributed by atoms with Crippen molar-refractivity contribution in [2.45, 2.75) is 10.8 Å². The number of hydrogen-bond donors (Lipinski definition) is 4. The molecule has 17 heavy (non-hydrogen) atoms. The fourth-order valence-corrected chi connectivity index (χ4v) is 3.34. The highest BCUT2D eigenvalue weighted by Crippen LogP contribution is 2.72. The third-order valence-electron chi connectivity index (χ3n) is 2.02. The summed E-state index contributed by atoms with van der Waals surface area (Å²) in [5.41, 5.74) is 0.0779. The van der Waals surface area contributed by atoms with Gasteiger partial charge in [0.15, 0.2) is 0 Å². The first kappa shape index (κ1) is 14.8. The summed E-state index contributed by atoms with van der Waals surface area (Å²) < 4.78 is 19.3. The van der Waals surface area contributed by atoms with Crippen LogP contribution in [0.15, 0.2) is 24.4 Å². The number of rotatable bonds is 4. The molecule has 4 N–H and O–H groups in total. The Hall–Kier alpha value is -0.260. The second-order valence-corrected chi connectivity index (χ2v) is 8.53. The first-order chi connectivity index (χ1) is 7.58. The third kappa shape index (κ3) is 3.14. The summed E-state index contributed by atoms with van der Waals surface area (Å²) in [6, 6.07) is 4.43. The Morgan fingerprint density at radius 1 is 1.18 bits per heavy atom. The van der Waals surface area contributed by atoms with Crippen LogP contribution in [-0.4, -0.2) is 28.9 Å². The zero-order valence-corrected chi connectivity index (χ0v) is 10.9. The zero-order chi connectivity index (χ0) is 13.3. The van der Waals surface area contributed by atoms with Crippen molar-refractivity contribution in [1.82, 2.24) is 4.98 Å². The number of nitrogens with zero attached hydrogens (tertiary/aromatic N) is 1. The van der Waals surface area contributed by atoms with Gasteiger partial charge in [0.25, 0.3) is 4.36 Å². The molecule has 7 nitrogen and oxygen atoms in total. The molecule has 0 aromatic carbocycles. The molecule has 0 aliphatic heterocycles. The molecule has 0 radical (unpaired) electrons. The van der Waals surface area contributed by atoms with Crippen molar-refractivity contribution in [1.29, 1.82) is 0 Å². The maximum Gasteiger partial charge on any atom is 0.359 e. The summed E-state index contributed by atoms with van der Waals surface area (Å²) in [5, 5.41) is 0. The predicted molar refractivity (Wildman–Crippen MR) is 60.6 cm³/mol. The van der Waals surface area contributed by atoms with Gasteiger partial charge in [-0.2, -0.15) is 0 Å². The van der Waals surface area contributed by atoms with Crippen molar-refractivity contribution in [2.24, 2.45) is 0 Å². The lowest BCUT2D eigenvalue weighted by atomic mass is 10.3. The molecule has 1 aromatic rings. The number of aromatic nitrogens is 1. The molecule has 1 rings (SSSR count). The second kappa shape index (κ2) is 4.78. The van der Waals surface area contributed by atoms with E-state index in [1.807, 2.05) is 0 Å². The number of pyridine rings is 1. The molecular formula is C7H10ClNO6P2. The fourth-order valence-electron chi connectivity index (χ4n) is 1.11. The van der Waals surface area contributed by atoms with Gasteiger partial charge in [0.05, 0.1) is 0 Å². The van der Waals surface area contributed by atoms with E-state index in [9.17, 15) is 9.13 Å². The third-order valence-corrected chi connectivity index (χ3v) is 7.14. The van der Waals surface area contributed by atoms with E-state index in [0.717, 1.165) is 0 Å². The molecule has 0 saturated carbocycles. The SMILES string of the molecule is O=P(O)(O)C(Cl)(Cc1ccccn1)P(=O)(O)O. The number of halogens is 1. The fraction of sp³-hybridized carbons (Fsp3) is 0.286. The molecule has 0 spiro atoms. The molecule has 1 heterocycles. The largest absolute Gasteiger partial charge is 0.359 e. The number of hydrogen-bond acceptors (Lipinski definition) is 3. The van der Waals surface area contributed by atoms with E-state index in [0.29, 0.717) is 0 Å². The van der Waals surface area contributed by atoms with Gasteiger partial charge in [0.1, 0.15) is 0 Å². The molecule has 0 aliphatic rings. The number of alkyl halides is 1. The van der Waals surface area contributed by atoms with Crippen LogP contribution in [0.4, 0.5) is 0 Å². The van der Waals surface area contributed by atoms with E-state index in [1.54, 1.807) is 6.07 Å². The standard InChI is InChI=1S/C7H10ClNO6P2/c8-7(16(10,11)12,17(13,14)15)5-6-3-1-2-4-9-6/h1-4H,5H2,(H2,10,11,12)(H2,13,14,15). The first-order valence-electron chi connectivity index (χ1n) is 4.28. The maximum absolute atomic E-state index is 11.1. The Labute approximate surface area is 102 Å². The van der Waals surface area contributed by atoms with E-state index < -0.39 is 26.0 Å². The molecule has 0 fully saturated rings. The minimum Gasteiger partial charge on any atom is -0.323 e. The van der Waals surface area contributed by atoms with Crippen LogP contribution in [0.25, 0.3) is 0 Å². The van der Waals surface area contributed by atoms with Crippen LogP contribution in [0.2, 0.25) is 0 Å². The lowest BCUT2D eigenvalue weighted by molar-refractivity contribution is 0.329. The molecule has 0 saturated heterocycles. The molecule has 96 valence electrons. The van der Waals surface area contributed by atoms with Gasteiger partial charge in [-0.3, -0.25) is 14.1 Å². The Morgan fingerprint density at radius 2 is 1.71 bits per heavy atom. The zero-order valence-electron chi connectivity index (χ0n) is 8.34. The van der Waals surface area contributed by atoms with Gasteiger partial charge in [-0.15, -0.1) is 0 Å². The molecule has 1 aromatic heterocycles. The lowest BCUT2D eigenvalue weighted by Crippen LogP contribution is -2.25. The normalized spacial score (nSPS) is 13.7. The van der Waals surface area contributed by atoms with Crippen LogP contribution >= 0.6 is 26.8 Å². The van der Waals surface area contributed by atoms with Gasteiger partial charge in [-0.25, -0.2) is 0 Å². The minimum absolute atomic E-state index is 0.0779. The summed E-state index contributed by atoms with van der Waals surface area (Å²) in [4.78, 5) is 39.7. The molecule has 0 unspecified atom stereocenters. The van der Waals surface area contributed by atoms with Gasteiger partial charge in [-0.05, 0) is 12.1 Å². The Balaban J connectivity index is 3.20. The van der Waals surface area contributed by atoms with Crippen LogP contribution < -0.4 is 0 Å². The maximum atomic E-state index is 11.1. The molecule has 0 atom stereocenters. The van der Waals surface area contributed by atoms with E-state index in [1.165, 1.54) is 18.3 Å². The van der Waals surface area contributed by atoms with Crippen molar-refractivity contribution >= 4 is 26.8 Å². The quantitative estimate of drug-likeness (QED) is 0.480. The van der Waals surface area contributed by atoms with Gasteiger partial charge in [-0.1, -0.05) is 17.7 Å². The van der Waals surface area contributed by atoms with Gasteiger partial charge in [0, 0.05) is 18.3 Å². The van der Waals surface area contributed by atoms with Crippen LogP contribution in [0.5, 0.6) is 0 Å². The van der Waals surface area contributed by atoms with E-state index >= 15 is 0 Å². The van der Waals surface area contributed by atoms with Crippen molar-refractivity contribution in [2.75, 3.05) is 0 Å². The van der Waals surface area contributed by atoms with Crippen LogP contribution in [0.1, 0.15) is 5.69 Å². The summed E-state index contributed by atoms with van der Waals surface area (Å²) >= 11 is 5.46. The van der Waals surface area contributed by atoms with Crippen molar-refractivity contribution in [3.05, 3.63) is 30.1 Å². The van der Waals surface area contributed by atoms with Crippen molar-refractivity contribution < 1.29 is 28.7 Å². The van der Waals surface area contributed by atoms with Crippen LogP contribution in [-0.2, 0) is 15.6 Å². The molecule has 10 heteroatoms. The molecule has 0 bridgehead atoms. The molecule has 0 amide bonds. The van der Waals surface area contributed by atoms with Crippen LogP contribution in [0.3, 0.4) is 0 Å². The highest BCUT2D eigenvalue weighted by atomic mass is 35.5. The summed E-state index contributed by atoms with van der Waals surface area (Å²) in [6.07, 6.45) is 0.593. The smallest absolute Gasteiger partial charge is 0.323 e. The van der Waals surface area contributed by atoms with Gasteiger partial charge in [0.2, 0.25) is 0 Å². The highest BCUT2D eigenvalue weighted by molar-refractivity contribution is 7.75. The average molecular weight is 302 g/mol. The van der Waals surface area contributed by atoms with Gasteiger partial charge < -0.3 is 19.6 Å². The lowest BCUT2D eigenvalue weighted by Gasteiger charge is -2.27. The topological polar surface area (TPSA) is 128 Å². The summed E-state index contributed by atoms with van der Waals surface area (Å²) in [7, 11) is -10.4. The molecular weight excluding hydrogens is 291 g/mol. The first-order valence-corrected chi connectivity index (χ1v) is 7.88. The average Bonchev–Trinajstić information content (AvgIpc) is 2.15. The van der Waals surface area contributed by atoms with E-state index in [-0.39, 0.29) is 5.69 Å².